The van der Waals surface area contributed by atoms with E-state index in [0.29, 0.717) is 29.5 Å². The summed E-state index contributed by atoms with van der Waals surface area (Å²) in [5, 5.41) is 13.8. The van der Waals surface area contributed by atoms with Crippen LogP contribution in [0.1, 0.15) is 15.9 Å². The van der Waals surface area contributed by atoms with E-state index >= 15 is 0 Å². The average molecular weight is 471 g/mol. The van der Waals surface area contributed by atoms with Crippen molar-refractivity contribution in [3.8, 4) is 11.5 Å². The van der Waals surface area contributed by atoms with E-state index in [9.17, 15) is 14.0 Å². The number of nitrogens with one attached hydrogen (secondary N) is 2. The van der Waals surface area contributed by atoms with E-state index in [0.717, 1.165) is 5.56 Å². The molecular formula is C23H23FN4O4S. The van der Waals surface area contributed by atoms with Crippen molar-refractivity contribution in [1.82, 2.24) is 15.5 Å². The van der Waals surface area contributed by atoms with Crippen LogP contribution in [0.25, 0.3) is 0 Å². The Morgan fingerprint density at radius 1 is 1.00 bits per heavy atom. The molecule has 0 radical (unpaired) electrons. The van der Waals surface area contributed by atoms with Crippen LogP contribution in [0.5, 0.6) is 11.5 Å². The van der Waals surface area contributed by atoms with Crippen LogP contribution in [0.4, 0.5) is 10.2 Å². The second-order valence-electron chi connectivity index (χ2n) is 6.77. The van der Waals surface area contributed by atoms with E-state index in [1.165, 1.54) is 30.0 Å². The van der Waals surface area contributed by atoms with Crippen molar-refractivity contribution in [2.45, 2.75) is 11.4 Å². The standard InChI is InChI=1S/C23H23FN4O4S/c1-31-18-8-7-15(13-19(18)32-2)11-12-25-21(29)14-33-22-10-9-20(27-28-22)26-23(30)16-5-3-4-6-17(16)24/h3-10,13H,11-12,14H2,1-2H3,(H,25,29)(H,26,27,30). The highest BCUT2D eigenvalue weighted by atomic mass is 32.2. The number of carbonyl (C=O) groups excluding carboxylic acids is 2. The first-order valence-corrected chi connectivity index (χ1v) is 11.0. The van der Waals surface area contributed by atoms with Crippen LogP contribution < -0.4 is 20.1 Å². The summed E-state index contributed by atoms with van der Waals surface area (Å²) >= 11 is 1.22. The zero-order valence-corrected chi connectivity index (χ0v) is 18.9. The monoisotopic (exact) mass is 470 g/mol. The number of halogens is 1. The van der Waals surface area contributed by atoms with Crippen molar-refractivity contribution in [2.24, 2.45) is 0 Å². The topological polar surface area (TPSA) is 102 Å². The number of rotatable bonds is 10. The lowest BCUT2D eigenvalue weighted by atomic mass is 10.1. The molecule has 0 fully saturated rings. The van der Waals surface area contributed by atoms with Gasteiger partial charge in [-0.3, -0.25) is 9.59 Å². The fourth-order valence-corrected chi connectivity index (χ4v) is 3.51. The minimum Gasteiger partial charge on any atom is -0.493 e. The molecule has 0 unspecified atom stereocenters. The van der Waals surface area contributed by atoms with E-state index in [1.807, 2.05) is 18.2 Å². The number of anilines is 1. The summed E-state index contributed by atoms with van der Waals surface area (Å²) in [6.07, 6.45) is 0.646. The van der Waals surface area contributed by atoms with Crippen LogP contribution in [-0.4, -0.2) is 48.5 Å². The molecule has 2 amide bonds. The highest BCUT2D eigenvalue weighted by molar-refractivity contribution is 7.99. The molecule has 2 N–H and O–H groups in total. The number of nitrogens with zero attached hydrogens (tertiary/aromatic N) is 2. The van der Waals surface area contributed by atoms with Crippen LogP contribution >= 0.6 is 11.8 Å². The maximum absolute atomic E-state index is 13.7. The number of aromatic nitrogens is 2. The molecule has 0 atom stereocenters. The molecule has 3 rings (SSSR count). The molecular weight excluding hydrogens is 447 g/mol. The summed E-state index contributed by atoms with van der Waals surface area (Å²) in [6, 6.07) is 14.5. The number of methoxy groups -OCH3 is 2. The predicted molar refractivity (Wildman–Crippen MR) is 123 cm³/mol. The number of hydrogen-bond acceptors (Lipinski definition) is 7. The number of amides is 2. The molecule has 8 nitrogen and oxygen atoms in total. The van der Waals surface area contributed by atoms with Crippen molar-refractivity contribution in [1.29, 1.82) is 0 Å². The second-order valence-corrected chi connectivity index (χ2v) is 7.76. The quantitative estimate of drug-likeness (QED) is 0.438. The number of hydrogen-bond donors (Lipinski definition) is 2. The maximum atomic E-state index is 13.7. The van der Waals surface area contributed by atoms with Gasteiger partial charge in [-0.2, -0.15) is 0 Å². The minimum absolute atomic E-state index is 0.0810. The zero-order chi connectivity index (χ0) is 23.6. The van der Waals surface area contributed by atoms with E-state index in [2.05, 4.69) is 20.8 Å². The number of benzene rings is 2. The summed E-state index contributed by atoms with van der Waals surface area (Å²) in [6.45, 7) is 0.474. The summed E-state index contributed by atoms with van der Waals surface area (Å²) < 4.78 is 24.2. The summed E-state index contributed by atoms with van der Waals surface area (Å²) in [4.78, 5) is 24.2. The molecule has 0 spiro atoms. The predicted octanol–water partition coefficient (Wildman–Crippen LogP) is 3.34. The summed E-state index contributed by atoms with van der Waals surface area (Å²) in [7, 11) is 3.16. The molecule has 1 aromatic heterocycles. The molecule has 33 heavy (non-hydrogen) atoms. The van der Waals surface area contributed by atoms with Crippen LogP contribution in [0.2, 0.25) is 0 Å². The molecule has 0 saturated carbocycles. The molecule has 0 aliphatic carbocycles. The molecule has 172 valence electrons. The van der Waals surface area contributed by atoms with Gasteiger partial charge in [-0.05, 0) is 48.4 Å². The van der Waals surface area contributed by atoms with Gasteiger partial charge in [0.2, 0.25) is 5.91 Å². The fraction of sp³-hybridized carbons (Fsp3) is 0.217. The summed E-state index contributed by atoms with van der Waals surface area (Å²) in [5.74, 6) is 0.279. The fourth-order valence-electron chi connectivity index (χ4n) is 2.87. The molecule has 0 aliphatic rings. The van der Waals surface area contributed by atoms with Gasteiger partial charge in [0, 0.05) is 6.54 Å². The van der Waals surface area contributed by atoms with E-state index in [-0.39, 0.29) is 23.0 Å². The molecule has 0 bridgehead atoms. The average Bonchev–Trinajstić information content (AvgIpc) is 2.83. The van der Waals surface area contributed by atoms with Gasteiger partial charge < -0.3 is 20.1 Å². The van der Waals surface area contributed by atoms with Crippen molar-refractivity contribution in [2.75, 3.05) is 31.8 Å². The van der Waals surface area contributed by atoms with Crippen molar-refractivity contribution in [3.63, 3.8) is 0 Å². The van der Waals surface area contributed by atoms with Crippen LogP contribution in [0.3, 0.4) is 0 Å². The van der Waals surface area contributed by atoms with Crippen molar-refractivity contribution < 1.29 is 23.5 Å². The highest BCUT2D eigenvalue weighted by Crippen LogP contribution is 2.27. The SMILES string of the molecule is COc1ccc(CCNC(=O)CSc2ccc(NC(=O)c3ccccc3F)nn2)cc1OC. The Morgan fingerprint density at radius 3 is 2.48 bits per heavy atom. The normalized spacial score (nSPS) is 10.4. The highest BCUT2D eigenvalue weighted by Gasteiger charge is 2.12. The Morgan fingerprint density at radius 2 is 1.79 bits per heavy atom. The molecule has 1 heterocycles. The third-order valence-electron chi connectivity index (χ3n) is 4.54. The maximum Gasteiger partial charge on any atom is 0.259 e. The molecule has 10 heteroatoms. The Kier molecular flexibility index (Phi) is 8.59. The summed E-state index contributed by atoms with van der Waals surface area (Å²) in [5.41, 5.74) is 0.932. The first-order chi connectivity index (χ1) is 16.0. The third kappa shape index (κ3) is 6.91. The van der Waals surface area contributed by atoms with Crippen LogP contribution in [-0.2, 0) is 11.2 Å². The van der Waals surface area contributed by atoms with Gasteiger partial charge in [-0.15, -0.1) is 10.2 Å². The van der Waals surface area contributed by atoms with E-state index < -0.39 is 11.7 Å². The number of thioether (sulfide) groups is 1. The molecule has 0 saturated heterocycles. The lowest BCUT2D eigenvalue weighted by molar-refractivity contribution is -0.118. The van der Waals surface area contributed by atoms with Gasteiger partial charge in [0.05, 0.1) is 25.5 Å². The smallest absolute Gasteiger partial charge is 0.259 e. The Bertz CT molecular complexity index is 1110. The molecule has 0 aliphatic heterocycles. The zero-order valence-electron chi connectivity index (χ0n) is 18.1. The first-order valence-electron chi connectivity index (χ1n) is 10.00. The van der Waals surface area contributed by atoms with Gasteiger partial charge in [-0.1, -0.05) is 30.0 Å². The Hall–Kier alpha value is -3.66. The van der Waals surface area contributed by atoms with Crippen molar-refractivity contribution in [3.05, 3.63) is 71.5 Å². The molecule has 2 aromatic carbocycles. The lowest BCUT2D eigenvalue weighted by Gasteiger charge is -2.10. The largest absolute Gasteiger partial charge is 0.493 e. The Labute approximate surface area is 194 Å². The number of carbonyl (C=O) groups is 2. The van der Waals surface area contributed by atoms with Crippen LogP contribution in [0, 0.1) is 5.82 Å². The van der Waals surface area contributed by atoms with E-state index in [1.54, 1.807) is 32.4 Å². The second kappa shape index (κ2) is 11.8. The van der Waals surface area contributed by atoms with Crippen molar-refractivity contribution >= 4 is 29.4 Å². The van der Waals surface area contributed by atoms with Gasteiger partial charge in [-0.25, -0.2) is 4.39 Å². The van der Waals surface area contributed by atoms with Gasteiger partial charge in [0.25, 0.3) is 5.91 Å². The van der Waals surface area contributed by atoms with E-state index in [4.69, 9.17) is 9.47 Å². The Balaban J connectivity index is 1.42. The lowest BCUT2D eigenvalue weighted by Crippen LogP contribution is -2.27. The van der Waals surface area contributed by atoms with Gasteiger partial charge in [0.15, 0.2) is 17.3 Å². The first kappa shape index (κ1) is 24.0. The van der Waals surface area contributed by atoms with Gasteiger partial charge >= 0.3 is 0 Å². The van der Waals surface area contributed by atoms with Crippen LogP contribution in [0.15, 0.2) is 59.6 Å². The third-order valence-corrected chi connectivity index (χ3v) is 5.46. The molecule has 3 aromatic rings. The van der Waals surface area contributed by atoms with Gasteiger partial charge in [0.1, 0.15) is 10.8 Å². The number of ether oxygens (including phenoxy) is 2. The minimum atomic E-state index is -0.618.